The third kappa shape index (κ3) is 3.72. The number of benzene rings is 2. The van der Waals surface area contributed by atoms with E-state index >= 15 is 0 Å². The van der Waals surface area contributed by atoms with Gasteiger partial charge >= 0.3 is 0 Å². The number of nitrogens with one attached hydrogen (secondary N) is 1. The number of halogens is 2. The van der Waals surface area contributed by atoms with Crippen molar-refractivity contribution >= 4 is 27.5 Å². The number of hydrogen-bond donors (Lipinski definition) is 3. The molecule has 0 amide bonds. The van der Waals surface area contributed by atoms with E-state index in [2.05, 4.69) is 26.4 Å². The molecular formula is C15H15BrFN3O. The minimum Gasteiger partial charge on any atom is -0.409 e. The Morgan fingerprint density at radius 3 is 2.81 bits per heavy atom. The van der Waals surface area contributed by atoms with Crippen molar-refractivity contribution in [3.63, 3.8) is 0 Å². The van der Waals surface area contributed by atoms with E-state index in [9.17, 15) is 4.39 Å². The molecule has 0 saturated carbocycles. The number of nitrogens with two attached hydrogens (primary N) is 1. The highest BCUT2D eigenvalue weighted by Gasteiger charge is 2.09. The number of nitrogens with zero attached hydrogens (tertiary/aromatic N) is 1. The van der Waals surface area contributed by atoms with Gasteiger partial charge in [0.2, 0.25) is 0 Å². The van der Waals surface area contributed by atoms with Crippen molar-refractivity contribution in [1.82, 2.24) is 0 Å². The van der Waals surface area contributed by atoms with E-state index in [4.69, 9.17) is 10.9 Å². The fourth-order valence-electron chi connectivity index (χ4n) is 1.97. The van der Waals surface area contributed by atoms with Gasteiger partial charge in [0.05, 0.1) is 0 Å². The Labute approximate surface area is 130 Å². The van der Waals surface area contributed by atoms with Crippen molar-refractivity contribution in [3.8, 4) is 0 Å². The maximum absolute atomic E-state index is 13.3. The first kappa shape index (κ1) is 15.3. The number of aryl methyl sites for hydroxylation is 1. The Balaban J connectivity index is 2.26. The molecule has 2 rings (SSSR count). The van der Waals surface area contributed by atoms with Crippen LogP contribution in [0.2, 0.25) is 0 Å². The van der Waals surface area contributed by atoms with Crippen LogP contribution in [0.1, 0.15) is 16.7 Å². The summed E-state index contributed by atoms with van der Waals surface area (Å²) >= 11 is 3.42. The number of rotatable bonds is 4. The minimum atomic E-state index is -0.431. The summed E-state index contributed by atoms with van der Waals surface area (Å²) in [4.78, 5) is 0. The van der Waals surface area contributed by atoms with Crippen molar-refractivity contribution in [2.45, 2.75) is 13.5 Å². The van der Waals surface area contributed by atoms with Gasteiger partial charge in [-0.3, -0.25) is 0 Å². The Hall–Kier alpha value is -2.08. The van der Waals surface area contributed by atoms with Crippen molar-refractivity contribution in [2.24, 2.45) is 10.9 Å². The van der Waals surface area contributed by atoms with E-state index in [1.54, 1.807) is 6.07 Å². The van der Waals surface area contributed by atoms with Gasteiger partial charge in [-0.25, -0.2) is 4.39 Å². The number of anilines is 1. The highest BCUT2D eigenvalue weighted by atomic mass is 79.9. The Bertz CT molecular complexity index is 689. The normalized spacial score (nSPS) is 11.5. The van der Waals surface area contributed by atoms with Crippen LogP contribution in [0.4, 0.5) is 10.1 Å². The monoisotopic (exact) mass is 351 g/mol. The van der Waals surface area contributed by atoms with Crippen LogP contribution >= 0.6 is 15.9 Å². The summed E-state index contributed by atoms with van der Waals surface area (Å²) in [5.74, 6) is -0.545. The van der Waals surface area contributed by atoms with E-state index in [1.165, 1.54) is 12.1 Å². The lowest BCUT2D eigenvalue weighted by molar-refractivity contribution is 0.318. The number of hydrogen-bond acceptors (Lipinski definition) is 3. The van der Waals surface area contributed by atoms with Gasteiger partial charge in [-0.05, 0) is 42.3 Å². The quantitative estimate of drug-likeness (QED) is 0.341. The molecule has 0 spiro atoms. The van der Waals surface area contributed by atoms with E-state index in [1.807, 2.05) is 25.1 Å². The summed E-state index contributed by atoms with van der Waals surface area (Å²) in [6, 6.07) is 10.1. The second-order valence-electron chi connectivity index (χ2n) is 4.60. The van der Waals surface area contributed by atoms with Crippen LogP contribution in [-0.4, -0.2) is 11.0 Å². The van der Waals surface area contributed by atoms with Crippen LogP contribution < -0.4 is 11.1 Å². The van der Waals surface area contributed by atoms with Crippen molar-refractivity contribution in [3.05, 3.63) is 63.4 Å². The Morgan fingerprint density at radius 1 is 1.33 bits per heavy atom. The first-order valence-corrected chi connectivity index (χ1v) is 7.07. The Morgan fingerprint density at radius 2 is 2.10 bits per heavy atom. The molecule has 0 radical (unpaired) electrons. The zero-order valence-electron chi connectivity index (χ0n) is 11.4. The molecule has 6 heteroatoms. The molecule has 0 aliphatic rings. The molecule has 2 aromatic rings. The molecule has 21 heavy (non-hydrogen) atoms. The molecule has 0 atom stereocenters. The molecule has 0 heterocycles. The summed E-state index contributed by atoms with van der Waals surface area (Å²) in [6.45, 7) is 2.42. The summed E-state index contributed by atoms with van der Waals surface area (Å²) in [7, 11) is 0. The second-order valence-corrected chi connectivity index (χ2v) is 5.52. The van der Waals surface area contributed by atoms with Crippen LogP contribution in [0.3, 0.4) is 0 Å². The van der Waals surface area contributed by atoms with Crippen LogP contribution in [0, 0.1) is 12.7 Å². The smallest absolute Gasteiger partial charge is 0.170 e. The van der Waals surface area contributed by atoms with Crippen molar-refractivity contribution in [1.29, 1.82) is 0 Å². The molecule has 110 valence electrons. The van der Waals surface area contributed by atoms with Crippen LogP contribution in [0.5, 0.6) is 0 Å². The molecule has 4 N–H and O–H groups in total. The molecule has 0 aliphatic heterocycles. The molecule has 4 nitrogen and oxygen atoms in total. The summed E-state index contributed by atoms with van der Waals surface area (Å²) in [6.07, 6.45) is 0. The zero-order valence-corrected chi connectivity index (χ0v) is 13.0. The molecule has 0 aliphatic carbocycles. The number of amidine groups is 1. The Kier molecular flexibility index (Phi) is 4.80. The summed E-state index contributed by atoms with van der Waals surface area (Å²) in [5, 5.41) is 15.0. The maximum Gasteiger partial charge on any atom is 0.170 e. The van der Waals surface area contributed by atoms with Gasteiger partial charge in [0.25, 0.3) is 0 Å². The summed E-state index contributed by atoms with van der Waals surface area (Å²) < 4.78 is 14.3. The number of oxime groups is 1. The molecule has 0 bridgehead atoms. The predicted octanol–water partition coefficient (Wildman–Crippen LogP) is 3.60. The highest BCUT2D eigenvalue weighted by Crippen LogP contribution is 2.22. The second kappa shape index (κ2) is 6.58. The van der Waals surface area contributed by atoms with Gasteiger partial charge < -0.3 is 16.3 Å². The third-order valence-electron chi connectivity index (χ3n) is 3.12. The van der Waals surface area contributed by atoms with Gasteiger partial charge in [0.1, 0.15) is 5.82 Å². The van der Waals surface area contributed by atoms with Gasteiger partial charge in [0.15, 0.2) is 5.84 Å². The average molecular weight is 352 g/mol. The summed E-state index contributed by atoms with van der Waals surface area (Å²) in [5.41, 5.74) is 8.75. The lowest BCUT2D eigenvalue weighted by atomic mass is 10.1. The fourth-order valence-corrected chi connectivity index (χ4v) is 2.33. The standard InChI is InChI=1S/C15H15BrFN3O/c1-9-2-4-11(16)6-14(9)19-8-10-3-5-12(17)7-13(10)15(18)20-21/h2-7,19,21H,8H2,1H3,(H2,18,20). The third-order valence-corrected chi connectivity index (χ3v) is 3.62. The molecule has 0 saturated heterocycles. The van der Waals surface area contributed by atoms with Gasteiger partial charge in [-0.15, -0.1) is 0 Å². The maximum atomic E-state index is 13.3. The predicted molar refractivity (Wildman–Crippen MR) is 85.1 cm³/mol. The van der Waals surface area contributed by atoms with Crippen molar-refractivity contribution in [2.75, 3.05) is 5.32 Å². The van der Waals surface area contributed by atoms with Crippen LogP contribution in [0.25, 0.3) is 0 Å². The molecular weight excluding hydrogens is 337 g/mol. The van der Waals surface area contributed by atoms with E-state index < -0.39 is 5.82 Å². The highest BCUT2D eigenvalue weighted by molar-refractivity contribution is 9.10. The van der Waals surface area contributed by atoms with Crippen LogP contribution in [0.15, 0.2) is 46.0 Å². The van der Waals surface area contributed by atoms with Crippen LogP contribution in [-0.2, 0) is 6.54 Å². The van der Waals surface area contributed by atoms with E-state index in [0.29, 0.717) is 12.1 Å². The largest absolute Gasteiger partial charge is 0.409 e. The molecule has 0 aromatic heterocycles. The van der Waals surface area contributed by atoms with Gasteiger partial charge in [-0.1, -0.05) is 33.2 Å². The zero-order chi connectivity index (χ0) is 15.4. The fraction of sp³-hybridized carbons (Fsp3) is 0.133. The first-order valence-electron chi connectivity index (χ1n) is 6.27. The first-order chi connectivity index (χ1) is 10.0. The lowest BCUT2D eigenvalue weighted by Crippen LogP contribution is -2.17. The topological polar surface area (TPSA) is 70.6 Å². The van der Waals surface area contributed by atoms with E-state index in [-0.39, 0.29) is 5.84 Å². The average Bonchev–Trinajstić information content (AvgIpc) is 2.48. The minimum absolute atomic E-state index is 0.114. The molecule has 0 fully saturated rings. The lowest BCUT2D eigenvalue weighted by Gasteiger charge is -2.13. The molecule has 2 aromatic carbocycles. The molecule has 0 unspecified atom stereocenters. The van der Waals surface area contributed by atoms with Gasteiger partial charge in [0, 0.05) is 22.3 Å². The van der Waals surface area contributed by atoms with Gasteiger partial charge in [-0.2, -0.15) is 0 Å². The van der Waals surface area contributed by atoms with E-state index in [0.717, 1.165) is 21.3 Å². The van der Waals surface area contributed by atoms with Crippen molar-refractivity contribution < 1.29 is 9.60 Å². The SMILES string of the molecule is Cc1ccc(Br)cc1NCc1ccc(F)cc1C(N)=NO.